The molecule has 0 unspecified atom stereocenters. The van der Waals surface area contributed by atoms with E-state index in [0.29, 0.717) is 13.0 Å². The van der Waals surface area contributed by atoms with E-state index in [2.05, 4.69) is 0 Å². The number of hydrogen-bond acceptors (Lipinski definition) is 1. The van der Waals surface area contributed by atoms with Crippen molar-refractivity contribution in [2.45, 2.75) is 152 Å². The van der Waals surface area contributed by atoms with Crippen LogP contribution in [-0.4, -0.2) is 20.2 Å². The van der Waals surface area contributed by atoms with Crippen LogP contribution in [-0.2, 0) is 4.65 Å². The predicted octanol–water partition coefficient (Wildman–Crippen LogP) is 9.18. The average Bonchev–Trinajstić information content (AvgIpc) is 2.82. The topological polar surface area (TPSA) is 9.23 Å². The summed E-state index contributed by atoms with van der Waals surface area (Å²) < 4.78 is 5.83. The maximum atomic E-state index is 6.64. The van der Waals surface area contributed by atoms with Gasteiger partial charge in [-0.25, -0.2) is 0 Å². The van der Waals surface area contributed by atoms with E-state index in [-0.39, 0.29) is 0 Å². The van der Waals surface area contributed by atoms with Gasteiger partial charge in [0.15, 0.2) is 0 Å². The summed E-state index contributed by atoms with van der Waals surface area (Å²) in [6, 6.07) is 0. The molecule has 0 radical (unpaired) electrons. The maximum absolute atomic E-state index is 6.64. The zero-order valence-electron chi connectivity index (χ0n) is 19.4. The molecule has 4 aliphatic rings. The fourth-order valence-corrected chi connectivity index (χ4v) is 7.49. The van der Waals surface area contributed by atoms with Crippen molar-refractivity contribution < 1.29 is 4.65 Å². The summed E-state index contributed by atoms with van der Waals surface area (Å²) in [5.41, 5.74) is 0. The van der Waals surface area contributed by atoms with Crippen LogP contribution in [0.5, 0.6) is 0 Å². The molecule has 0 bridgehead atoms. The Morgan fingerprint density at radius 3 is 1.03 bits per heavy atom. The van der Waals surface area contributed by atoms with Crippen LogP contribution in [0.1, 0.15) is 128 Å². The van der Waals surface area contributed by atoms with Crippen molar-refractivity contribution in [1.29, 1.82) is 0 Å². The van der Waals surface area contributed by atoms with Crippen molar-refractivity contribution in [1.82, 2.24) is 0 Å². The lowest BCUT2D eigenvalue weighted by molar-refractivity contribution is 0.346. The Kier molecular flexibility index (Phi) is 11.4. The number of rotatable bonds is 5. The van der Waals surface area contributed by atoms with E-state index in [4.69, 9.17) is 16.1 Å². The minimum Gasteiger partial charge on any atom is -0.438 e. The molecule has 4 aliphatic carbocycles. The zero-order valence-corrected chi connectivity index (χ0v) is 20.1. The highest BCUT2D eigenvalue weighted by Crippen LogP contribution is 2.43. The van der Waals surface area contributed by atoms with Crippen LogP contribution in [0, 0.1) is 0 Å². The van der Waals surface area contributed by atoms with Crippen LogP contribution >= 0.6 is 11.5 Å². The molecule has 4 saturated carbocycles. The third kappa shape index (κ3) is 7.78. The molecule has 0 spiro atoms. The van der Waals surface area contributed by atoms with Crippen molar-refractivity contribution in [3.63, 3.8) is 0 Å². The van der Waals surface area contributed by atoms with Crippen LogP contribution in [0.4, 0.5) is 0 Å². The van der Waals surface area contributed by atoms with Crippen LogP contribution in [0.15, 0.2) is 0 Å². The number of halogens is 1. The number of hydrogen-bond donors (Lipinski definition) is 0. The molecule has 0 saturated heterocycles. The van der Waals surface area contributed by atoms with Gasteiger partial charge in [0.05, 0.1) is 0 Å². The first-order valence-corrected chi connectivity index (χ1v) is 13.9. The Hall–Kier alpha value is 0.380. The van der Waals surface area contributed by atoms with Gasteiger partial charge in [0.1, 0.15) is 0 Å². The van der Waals surface area contributed by atoms with E-state index in [0.717, 1.165) is 23.3 Å². The molecule has 0 heterocycles. The Morgan fingerprint density at radius 2 is 0.759 bits per heavy atom. The van der Waals surface area contributed by atoms with Gasteiger partial charge in [-0.2, -0.15) is 11.5 Å². The third-order valence-corrected chi connectivity index (χ3v) is 9.41. The smallest absolute Gasteiger partial charge is 0.298 e. The molecule has 0 N–H and O–H groups in total. The fraction of sp³-hybridized carbons (Fsp3) is 1.00. The summed E-state index contributed by atoms with van der Waals surface area (Å²) in [6.45, 7) is 0.589. The second-order valence-electron chi connectivity index (χ2n) is 10.7. The van der Waals surface area contributed by atoms with E-state index in [1.54, 1.807) is 0 Å². The molecular weight excluding hydrogens is 373 g/mol. The van der Waals surface area contributed by atoms with Crippen LogP contribution in [0.25, 0.3) is 0 Å². The van der Waals surface area contributed by atoms with Crippen molar-refractivity contribution >= 4 is 24.5 Å². The third-order valence-electron chi connectivity index (χ3n) is 8.70. The van der Waals surface area contributed by atoms with Gasteiger partial charge in [-0.05, 0) is 23.3 Å². The van der Waals surface area contributed by atoms with Crippen molar-refractivity contribution in [2.75, 3.05) is 7.11 Å². The molecule has 0 aromatic carbocycles. The Balaban J connectivity index is 0.000000166. The Morgan fingerprint density at radius 1 is 0.483 bits per heavy atom. The summed E-state index contributed by atoms with van der Waals surface area (Å²) >= 11 is 6.64. The minimum absolute atomic E-state index is 0.510. The van der Waals surface area contributed by atoms with Gasteiger partial charge in [0, 0.05) is 7.11 Å². The highest BCUT2D eigenvalue weighted by molar-refractivity contribution is 7.08. The second kappa shape index (κ2) is 13.7. The second-order valence-corrected chi connectivity index (χ2v) is 11.2. The lowest BCUT2D eigenvalue weighted by Crippen LogP contribution is -2.32. The minimum atomic E-state index is 0.510. The van der Waals surface area contributed by atoms with E-state index in [1.807, 2.05) is 7.11 Å². The van der Waals surface area contributed by atoms with Gasteiger partial charge in [0.2, 0.25) is 0 Å². The Bertz CT molecular complexity index is 375. The standard InChI is InChI=1S/C13H25BO.C12H22BCl/c1-15-14(12-8-4-2-5-9-12)13-10-6-3-7-11-13;14-13(11-7-3-1-4-8-11)12-9-5-2-6-10-12/h12-13H,2-11H2,1H3;11-12H,1-10H2. The average molecular weight is 421 g/mol. The molecule has 0 aliphatic heterocycles. The lowest BCUT2D eigenvalue weighted by atomic mass is 9.42. The molecule has 1 nitrogen and oxygen atoms in total. The molecule has 0 aromatic heterocycles. The van der Waals surface area contributed by atoms with Crippen molar-refractivity contribution in [3.8, 4) is 0 Å². The van der Waals surface area contributed by atoms with Crippen LogP contribution < -0.4 is 0 Å². The van der Waals surface area contributed by atoms with E-state index >= 15 is 0 Å². The summed E-state index contributed by atoms with van der Waals surface area (Å²) in [6.07, 6.45) is 29.1. The summed E-state index contributed by atoms with van der Waals surface area (Å²) in [5, 5.41) is 0. The highest BCUT2D eigenvalue weighted by Gasteiger charge is 2.35. The van der Waals surface area contributed by atoms with Gasteiger partial charge in [-0.15, -0.1) is 0 Å². The zero-order chi connectivity index (χ0) is 20.3. The molecule has 0 aromatic rings. The Labute approximate surface area is 187 Å². The quantitative estimate of drug-likeness (QED) is 0.403. The van der Waals surface area contributed by atoms with Crippen LogP contribution in [0.3, 0.4) is 0 Å². The predicted molar refractivity (Wildman–Crippen MR) is 132 cm³/mol. The first-order valence-electron chi connectivity index (χ1n) is 13.5. The molecular formula is C25H47B2ClO. The first kappa shape index (κ1) is 24.0. The van der Waals surface area contributed by atoms with Gasteiger partial charge in [0.25, 0.3) is 13.0 Å². The molecule has 4 heteroatoms. The SMILES string of the molecule is COB(C1CCCCC1)C1CCCCC1.ClB(C1CCCCC1)C1CCCCC1. The van der Waals surface area contributed by atoms with Gasteiger partial charge in [-0.1, -0.05) is 128 Å². The molecule has 0 amide bonds. The van der Waals surface area contributed by atoms with E-state index in [9.17, 15) is 0 Å². The fourth-order valence-electron chi connectivity index (χ4n) is 6.99. The lowest BCUT2D eigenvalue weighted by Gasteiger charge is -2.33. The summed E-state index contributed by atoms with van der Waals surface area (Å²) in [7, 11) is 1.94. The molecule has 166 valence electrons. The first-order chi connectivity index (χ1) is 14.3. The van der Waals surface area contributed by atoms with E-state index < -0.39 is 0 Å². The van der Waals surface area contributed by atoms with Crippen molar-refractivity contribution in [3.05, 3.63) is 0 Å². The van der Waals surface area contributed by atoms with Crippen molar-refractivity contribution in [2.24, 2.45) is 0 Å². The van der Waals surface area contributed by atoms with E-state index in [1.165, 1.54) is 128 Å². The molecule has 4 fully saturated rings. The van der Waals surface area contributed by atoms with Gasteiger partial charge in [-0.3, -0.25) is 0 Å². The summed E-state index contributed by atoms with van der Waals surface area (Å²) in [4.78, 5) is 0. The monoisotopic (exact) mass is 420 g/mol. The summed E-state index contributed by atoms with van der Waals surface area (Å²) in [5.74, 6) is 3.47. The molecule has 4 rings (SSSR count). The van der Waals surface area contributed by atoms with Gasteiger partial charge >= 0.3 is 0 Å². The van der Waals surface area contributed by atoms with Crippen LogP contribution in [0.2, 0.25) is 23.3 Å². The normalized spacial score (nSPS) is 25.9. The largest absolute Gasteiger partial charge is 0.438 e. The highest BCUT2D eigenvalue weighted by atomic mass is 35.5. The maximum Gasteiger partial charge on any atom is 0.298 e. The molecule has 0 atom stereocenters. The molecule has 29 heavy (non-hydrogen) atoms. The van der Waals surface area contributed by atoms with Gasteiger partial charge < -0.3 is 4.65 Å².